The van der Waals surface area contributed by atoms with Crippen LogP contribution in [-0.2, 0) is 10.2 Å². The molecule has 1 fully saturated rings. The number of carboxylic acid groups (broad SMARTS) is 1. The Hall–Kier alpha value is -1.36. The first-order valence-electron chi connectivity index (χ1n) is 5.39. The summed E-state index contributed by atoms with van der Waals surface area (Å²) < 4.78 is 32.3. The van der Waals surface area contributed by atoms with E-state index >= 15 is 0 Å². The molecule has 1 saturated carbocycles. The van der Waals surface area contributed by atoms with Gasteiger partial charge in [0, 0.05) is 0 Å². The number of carboxylic acids is 1. The molecule has 0 saturated heterocycles. The highest BCUT2D eigenvalue weighted by molar-refractivity contribution is 6.32. The van der Waals surface area contributed by atoms with Gasteiger partial charge in [0.1, 0.15) is 5.75 Å². The molecule has 0 heterocycles. The Bertz CT molecular complexity index is 513. The molecule has 1 aliphatic rings. The number of carbonyl (C=O) groups is 1. The van der Waals surface area contributed by atoms with Crippen molar-refractivity contribution in [2.24, 2.45) is 0 Å². The van der Waals surface area contributed by atoms with Crippen LogP contribution in [0.5, 0.6) is 5.75 Å². The van der Waals surface area contributed by atoms with Gasteiger partial charge >= 0.3 is 5.97 Å². The second-order valence-electron chi connectivity index (χ2n) is 4.30. The molecule has 0 spiro atoms. The van der Waals surface area contributed by atoms with Crippen LogP contribution in [0.1, 0.15) is 24.8 Å². The summed E-state index contributed by atoms with van der Waals surface area (Å²) in [5, 5.41) is 9.15. The zero-order chi connectivity index (χ0) is 13.5. The summed E-state index contributed by atoms with van der Waals surface area (Å²) in [6.07, 6.45) is 1.13. The molecule has 98 valence electrons. The Labute approximate surface area is 107 Å². The molecule has 0 amide bonds. The molecule has 0 atom stereocenters. The van der Waals surface area contributed by atoms with Gasteiger partial charge in [0.15, 0.2) is 11.6 Å². The molecule has 1 aromatic carbocycles. The molecule has 0 radical (unpaired) electrons. The highest BCUT2D eigenvalue weighted by atomic mass is 35.5. The van der Waals surface area contributed by atoms with Crippen molar-refractivity contribution in [3.63, 3.8) is 0 Å². The molecule has 0 aliphatic heterocycles. The van der Waals surface area contributed by atoms with E-state index in [0.717, 1.165) is 6.07 Å². The lowest BCUT2D eigenvalue weighted by Crippen LogP contribution is -2.43. The van der Waals surface area contributed by atoms with Gasteiger partial charge in [0.05, 0.1) is 23.1 Å². The van der Waals surface area contributed by atoms with Crippen LogP contribution in [0.15, 0.2) is 6.07 Å². The second-order valence-corrected chi connectivity index (χ2v) is 4.71. The van der Waals surface area contributed by atoms with E-state index in [0.29, 0.717) is 6.42 Å². The van der Waals surface area contributed by atoms with E-state index in [1.165, 1.54) is 7.11 Å². The molecule has 0 bridgehead atoms. The molecule has 6 heteroatoms. The SMILES string of the molecule is COc1c(Cl)cc(F)c(F)c1C1(C(=O)O)CCC1. The largest absolute Gasteiger partial charge is 0.495 e. The van der Waals surface area contributed by atoms with Gasteiger partial charge in [-0.1, -0.05) is 18.0 Å². The summed E-state index contributed by atoms with van der Waals surface area (Å²) in [4.78, 5) is 11.4. The van der Waals surface area contributed by atoms with E-state index in [9.17, 15) is 18.7 Å². The van der Waals surface area contributed by atoms with Crippen LogP contribution < -0.4 is 4.74 Å². The zero-order valence-electron chi connectivity index (χ0n) is 9.60. The molecule has 1 aromatic rings. The summed E-state index contributed by atoms with van der Waals surface area (Å²) in [6, 6.07) is 0.785. The third-order valence-electron chi connectivity index (χ3n) is 3.43. The van der Waals surface area contributed by atoms with E-state index < -0.39 is 23.0 Å². The van der Waals surface area contributed by atoms with Crippen molar-refractivity contribution in [2.75, 3.05) is 7.11 Å². The molecule has 1 N–H and O–H groups in total. The molecular weight excluding hydrogens is 266 g/mol. The van der Waals surface area contributed by atoms with E-state index in [1.54, 1.807) is 0 Å². The van der Waals surface area contributed by atoms with Gasteiger partial charge in [-0.15, -0.1) is 0 Å². The molecule has 2 rings (SSSR count). The summed E-state index contributed by atoms with van der Waals surface area (Å²) in [6.45, 7) is 0. The fourth-order valence-electron chi connectivity index (χ4n) is 2.31. The van der Waals surface area contributed by atoms with Crippen LogP contribution in [0.4, 0.5) is 8.78 Å². The number of aliphatic carboxylic acids is 1. The summed E-state index contributed by atoms with van der Waals surface area (Å²) in [7, 11) is 1.25. The lowest BCUT2D eigenvalue weighted by molar-refractivity contribution is -0.147. The monoisotopic (exact) mass is 276 g/mol. The molecule has 1 aliphatic carbocycles. The fraction of sp³-hybridized carbons (Fsp3) is 0.417. The van der Waals surface area contributed by atoms with Gasteiger partial charge in [0.2, 0.25) is 0 Å². The van der Waals surface area contributed by atoms with Crippen LogP contribution in [0, 0.1) is 11.6 Å². The quantitative estimate of drug-likeness (QED) is 0.863. The number of halogens is 3. The van der Waals surface area contributed by atoms with Gasteiger partial charge in [-0.25, -0.2) is 8.78 Å². The zero-order valence-corrected chi connectivity index (χ0v) is 10.4. The summed E-state index contributed by atoms with van der Waals surface area (Å²) in [5.74, 6) is -3.65. The van der Waals surface area contributed by atoms with Crippen molar-refractivity contribution >= 4 is 17.6 Å². The van der Waals surface area contributed by atoms with Crippen molar-refractivity contribution in [1.82, 2.24) is 0 Å². The number of rotatable bonds is 3. The Morgan fingerprint density at radius 2 is 2.11 bits per heavy atom. The topological polar surface area (TPSA) is 46.5 Å². The van der Waals surface area contributed by atoms with Crippen molar-refractivity contribution in [1.29, 1.82) is 0 Å². The standard InChI is InChI=1S/C12H11ClF2O3/c1-18-10-6(13)5-7(14)9(15)8(10)12(11(16)17)3-2-4-12/h5H,2-4H2,1H3,(H,16,17). The smallest absolute Gasteiger partial charge is 0.314 e. The third-order valence-corrected chi connectivity index (χ3v) is 3.71. The lowest BCUT2D eigenvalue weighted by atomic mass is 9.64. The average molecular weight is 277 g/mol. The third kappa shape index (κ3) is 1.65. The van der Waals surface area contributed by atoms with Crippen LogP contribution in [0.2, 0.25) is 5.02 Å². The Morgan fingerprint density at radius 3 is 2.50 bits per heavy atom. The van der Waals surface area contributed by atoms with Crippen molar-refractivity contribution in [3.05, 3.63) is 28.3 Å². The van der Waals surface area contributed by atoms with Gasteiger partial charge < -0.3 is 9.84 Å². The van der Waals surface area contributed by atoms with Crippen LogP contribution >= 0.6 is 11.6 Å². The number of hydrogen-bond acceptors (Lipinski definition) is 2. The van der Waals surface area contributed by atoms with E-state index in [4.69, 9.17) is 16.3 Å². The number of benzene rings is 1. The molecule has 18 heavy (non-hydrogen) atoms. The molecule has 0 unspecified atom stereocenters. The van der Waals surface area contributed by atoms with Gasteiger partial charge in [-0.05, 0) is 18.9 Å². The molecule has 0 aromatic heterocycles. The highest BCUT2D eigenvalue weighted by Crippen LogP contribution is 2.50. The number of methoxy groups -OCH3 is 1. The van der Waals surface area contributed by atoms with Crippen LogP contribution in [0.3, 0.4) is 0 Å². The molecular formula is C12H11ClF2O3. The first-order valence-corrected chi connectivity index (χ1v) is 5.77. The maximum absolute atomic E-state index is 13.9. The lowest BCUT2D eigenvalue weighted by Gasteiger charge is -2.39. The Morgan fingerprint density at radius 1 is 1.50 bits per heavy atom. The first-order chi connectivity index (χ1) is 8.44. The number of hydrogen-bond donors (Lipinski definition) is 1. The highest BCUT2D eigenvalue weighted by Gasteiger charge is 2.50. The van der Waals surface area contributed by atoms with E-state index in [1.807, 2.05) is 0 Å². The number of ether oxygens (including phenoxy) is 1. The predicted molar refractivity (Wildman–Crippen MR) is 61.1 cm³/mol. The van der Waals surface area contributed by atoms with Crippen LogP contribution in [0.25, 0.3) is 0 Å². The normalized spacial score (nSPS) is 17.1. The maximum Gasteiger partial charge on any atom is 0.314 e. The van der Waals surface area contributed by atoms with E-state index in [2.05, 4.69) is 0 Å². The van der Waals surface area contributed by atoms with Crippen molar-refractivity contribution < 1.29 is 23.4 Å². The van der Waals surface area contributed by atoms with Crippen LogP contribution in [-0.4, -0.2) is 18.2 Å². The predicted octanol–water partition coefficient (Wildman–Crippen LogP) is 3.13. The Balaban J connectivity index is 2.72. The summed E-state index contributed by atoms with van der Waals surface area (Å²) in [5.41, 5.74) is -1.71. The molecule has 3 nitrogen and oxygen atoms in total. The average Bonchev–Trinajstić information content (AvgIpc) is 2.23. The second kappa shape index (κ2) is 4.39. The van der Waals surface area contributed by atoms with E-state index in [-0.39, 0.29) is 29.2 Å². The van der Waals surface area contributed by atoms with Gasteiger partial charge in [0.25, 0.3) is 0 Å². The summed E-state index contributed by atoms with van der Waals surface area (Å²) >= 11 is 5.77. The maximum atomic E-state index is 13.9. The van der Waals surface area contributed by atoms with Crippen molar-refractivity contribution in [2.45, 2.75) is 24.7 Å². The van der Waals surface area contributed by atoms with Crippen molar-refractivity contribution in [3.8, 4) is 5.75 Å². The first kappa shape index (κ1) is 13.1. The minimum atomic E-state index is -1.43. The minimum absolute atomic E-state index is 0.0994. The van der Waals surface area contributed by atoms with Gasteiger partial charge in [-0.2, -0.15) is 0 Å². The fourth-order valence-corrected chi connectivity index (χ4v) is 2.57. The van der Waals surface area contributed by atoms with Gasteiger partial charge in [-0.3, -0.25) is 4.79 Å². The minimum Gasteiger partial charge on any atom is -0.495 e. The Kier molecular flexibility index (Phi) is 3.19.